The van der Waals surface area contributed by atoms with Gasteiger partial charge < -0.3 is 20.9 Å². The Bertz CT molecular complexity index is 378. The van der Waals surface area contributed by atoms with Crippen LogP contribution in [0.2, 0.25) is 0 Å². The molecule has 0 aromatic heterocycles. The summed E-state index contributed by atoms with van der Waals surface area (Å²) in [5.41, 5.74) is 5.26. The van der Waals surface area contributed by atoms with Gasteiger partial charge in [-0.1, -0.05) is 6.07 Å². The van der Waals surface area contributed by atoms with Crippen LogP contribution in [0.15, 0.2) is 18.2 Å². The summed E-state index contributed by atoms with van der Waals surface area (Å²) < 4.78 is 18.2. The molecule has 1 fully saturated rings. The van der Waals surface area contributed by atoms with Gasteiger partial charge in [0.1, 0.15) is 11.4 Å². The summed E-state index contributed by atoms with van der Waals surface area (Å²) in [5, 5.41) is 12.9. The Balaban J connectivity index is 2.02. The predicted molar refractivity (Wildman–Crippen MR) is 59.7 cm³/mol. The molecule has 16 heavy (non-hydrogen) atoms. The molecule has 0 aliphatic carbocycles. The highest BCUT2D eigenvalue weighted by molar-refractivity contribution is 5.66. The van der Waals surface area contributed by atoms with Gasteiger partial charge in [-0.2, -0.15) is 0 Å². The molecule has 1 unspecified atom stereocenters. The van der Waals surface area contributed by atoms with E-state index in [1.807, 2.05) is 0 Å². The Kier molecular flexibility index (Phi) is 2.98. The van der Waals surface area contributed by atoms with E-state index in [4.69, 9.17) is 10.5 Å². The first-order valence-electron chi connectivity index (χ1n) is 5.19. The summed E-state index contributed by atoms with van der Waals surface area (Å²) in [4.78, 5) is 0. The van der Waals surface area contributed by atoms with E-state index in [2.05, 4.69) is 5.32 Å². The molecule has 5 heteroatoms. The highest BCUT2D eigenvalue weighted by Crippen LogP contribution is 2.24. The maximum absolute atomic E-state index is 13.1. The molecule has 88 valence electrons. The number of aliphatic hydroxyl groups is 1. The van der Waals surface area contributed by atoms with Crippen molar-refractivity contribution in [1.29, 1.82) is 0 Å². The number of benzene rings is 1. The first-order chi connectivity index (χ1) is 7.61. The maximum Gasteiger partial charge on any atom is 0.148 e. The zero-order valence-corrected chi connectivity index (χ0v) is 8.87. The van der Waals surface area contributed by atoms with Crippen LogP contribution in [-0.4, -0.2) is 30.5 Å². The number of halogens is 1. The van der Waals surface area contributed by atoms with Gasteiger partial charge in [0, 0.05) is 19.6 Å². The van der Waals surface area contributed by atoms with Gasteiger partial charge in [0.25, 0.3) is 0 Å². The lowest BCUT2D eigenvalue weighted by atomic mass is 10.0. The van der Waals surface area contributed by atoms with E-state index in [1.54, 1.807) is 12.1 Å². The molecule has 4 N–H and O–H groups in total. The summed E-state index contributed by atoms with van der Waals surface area (Å²) in [7, 11) is 0. The molecule has 1 aromatic carbocycles. The van der Waals surface area contributed by atoms with Crippen LogP contribution in [0.3, 0.4) is 0 Å². The van der Waals surface area contributed by atoms with Crippen molar-refractivity contribution < 1.29 is 14.2 Å². The lowest BCUT2D eigenvalue weighted by Gasteiger charge is -2.22. The van der Waals surface area contributed by atoms with E-state index >= 15 is 0 Å². The van der Waals surface area contributed by atoms with Crippen molar-refractivity contribution in [2.75, 3.05) is 30.8 Å². The van der Waals surface area contributed by atoms with Crippen LogP contribution in [-0.2, 0) is 4.74 Å². The largest absolute Gasteiger partial charge is 0.395 e. The van der Waals surface area contributed by atoms with Crippen molar-refractivity contribution in [2.45, 2.75) is 12.0 Å². The number of rotatable bonds is 3. The second-order valence-corrected chi connectivity index (χ2v) is 4.08. The van der Waals surface area contributed by atoms with Crippen LogP contribution in [0.4, 0.5) is 15.8 Å². The Morgan fingerprint density at radius 3 is 3.06 bits per heavy atom. The van der Waals surface area contributed by atoms with Crippen LogP contribution in [0.1, 0.15) is 6.42 Å². The highest BCUT2D eigenvalue weighted by atomic mass is 19.1. The van der Waals surface area contributed by atoms with E-state index in [0.29, 0.717) is 31.9 Å². The molecule has 0 spiro atoms. The second-order valence-electron chi connectivity index (χ2n) is 4.08. The van der Waals surface area contributed by atoms with Crippen LogP contribution in [0.5, 0.6) is 0 Å². The SMILES string of the molecule is Nc1c(F)cccc1NCC1(O)CCOC1. The molecule has 4 nitrogen and oxygen atoms in total. The number of para-hydroxylation sites is 1. The highest BCUT2D eigenvalue weighted by Gasteiger charge is 2.32. The number of nitrogens with two attached hydrogens (primary N) is 1. The van der Waals surface area contributed by atoms with Gasteiger partial charge >= 0.3 is 0 Å². The van der Waals surface area contributed by atoms with Crippen LogP contribution in [0.25, 0.3) is 0 Å². The summed E-state index contributed by atoms with van der Waals surface area (Å²) >= 11 is 0. The predicted octanol–water partition coefficient (Wildman–Crippen LogP) is 0.971. The van der Waals surface area contributed by atoms with Gasteiger partial charge in [0.05, 0.1) is 18.0 Å². The normalized spacial score (nSPS) is 24.6. The van der Waals surface area contributed by atoms with E-state index in [0.717, 1.165) is 0 Å². The standard InChI is InChI=1S/C11H15FN2O2/c12-8-2-1-3-9(10(8)13)14-6-11(15)4-5-16-7-11/h1-3,14-15H,4-7,13H2. The molecule has 0 amide bonds. The molecule has 0 radical (unpaired) electrons. The summed E-state index contributed by atoms with van der Waals surface area (Å²) in [6, 6.07) is 4.55. The van der Waals surface area contributed by atoms with Gasteiger partial charge in [0.15, 0.2) is 0 Å². The average molecular weight is 226 g/mol. The Morgan fingerprint density at radius 2 is 2.38 bits per heavy atom. The third-order valence-electron chi connectivity index (χ3n) is 2.74. The Morgan fingerprint density at radius 1 is 1.56 bits per heavy atom. The third-order valence-corrected chi connectivity index (χ3v) is 2.74. The fourth-order valence-corrected chi connectivity index (χ4v) is 1.69. The van der Waals surface area contributed by atoms with E-state index in [-0.39, 0.29) is 5.69 Å². The van der Waals surface area contributed by atoms with Crippen molar-refractivity contribution in [3.8, 4) is 0 Å². The number of hydrogen-bond acceptors (Lipinski definition) is 4. The third kappa shape index (κ3) is 2.25. The summed E-state index contributed by atoms with van der Waals surface area (Å²) in [6.07, 6.45) is 0.579. The van der Waals surface area contributed by atoms with Gasteiger partial charge in [0.2, 0.25) is 0 Å². The molecular weight excluding hydrogens is 211 g/mol. The molecule has 1 aliphatic heterocycles. The Hall–Kier alpha value is -1.33. The number of nitrogens with one attached hydrogen (secondary N) is 1. The lowest BCUT2D eigenvalue weighted by molar-refractivity contribution is 0.0382. The minimum Gasteiger partial charge on any atom is -0.395 e. The molecule has 1 atom stereocenters. The van der Waals surface area contributed by atoms with E-state index in [9.17, 15) is 9.50 Å². The molecule has 1 aromatic rings. The van der Waals surface area contributed by atoms with Crippen molar-refractivity contribution in [2.24, 2.45) is 0 Å². The molecule has 1 aliphatic rings. The van der Waals surface area contributed by atoms with Gasteiger partial charge in [-0.15, -0.1) is 0 Å². The number of hydrogen-bond donors (Lipinski definition) is 3. The topological polar surface area (TPSA) is 67.5 Å². The monoisotopic (exact) mass is 226 g/mol. The molecule has 0 bridgehead atoms. The number of anilines is 2. The van der Waals surface area contributed by atoms with Crippen LogP contribution in [0, 0.1) is 5.82 Å². The molecule has 0 saturated carbocycles. The van der Waals surface area contributed by atoms with Gasteiger partial charge in [-0.05, 0) is 12.1 Å². The number of nitrogen functional groups attached to an aromatic ring is 1. The fraction of sp³-hybridized carbons (Fsp3) is 0.455. The smallest absolute Gasteiger partial charge is 0.148 e. The quantitative estimate of drug-likeness (QED) is 0.672. The molecular formula is C11H15FN2O2. The van der Waals surface area contributed by atoms with Crippen LogP contribution >= 0.6 is 0 Å². The van der Waals surface area contributed by atoms with Crippen LogP contribution < -0.4 is 11.1 Å². The molecule has 1 saturated heterocycles. The first kappa shape index (κ1) is 11.2. The van der Waals surface area contributed by atoms with Crippen molar-refractivity contribution in [3.63, 3.8) is 0 Å². The molecule has 1 heterocycles. The van der Waals surface area contributed by atoms with E-state index < -0.39 is 11.4 Å². The first-order valence-corrected chi connectivity index (χ1v) is 5.19. The van der Waals surface area contributed by atoms with Gasteiger partial charge in [-0.25, -0.2) is 4.39 Å². The van der Waals surface area contributed by atoms with Crippen molar-refractivity contribution in [1.82, 2.24) is 0 Å². The minimum absolute atomic E-state index is 0.0741. The average Bonchev–Trinajstić information content (AvgIpc) is 2.68. The Labute approximate surface area is 93.2 Å². The fourth-order valence-electron chi connectivity index (χ4n) is 1.69. The zero-order chi connectivity index (χ0) is 11.6. The lowest BCUT2D eigenvalue weighted by Crippen LogP contribution is -2.37. The van der Waals surface area contributed by atoms with Gasteiger partial charge in [-0.3, -0.25) is 0 Å². The molecule has 2 rings (SSSR count). The summed E-state index contributed by atoms with van der Waals surface area (Å²) in [6.45, 7) is 1.16. The number of ether oxygens (including phenoxy) is 1. The summed E-state index contributed by atoms with van der Waals surface area (Å²) in [5.74, 6) is -0.459. The van der Waals surface area contributed by atoms with E-state index in [1.165, 1.54) is 6.07 Å². The minimum atomic E-state index is -0.876. The zero-order valence-electron chi connectivity index (χ0n) is 8.87. The van der Waals surface area contributed by atoms with Crippen molar-refractivity contribution in [3.05, 3.63) is 24.0 Å². The maximum atomic E-state index is 13.1. The second kappa shape index (κ2) is 4.27. The van der Waals surface area contributed by atoms with Crippen molar-refractivity contribution >= 4 is 11.4 Å².